The standard InChI is InChI=1S/C23H27ClN2O3/c1-16-7-9-25(10-8-16)11-12-29-22-14-19(4-6-21(22)28-2)26-15-17-13-18(24)3-5-20(17)23(26)27/h3-6,13-14,16H,7-12,15H2,1-2H3. The first kappa shape index (κ1) is 20.0. The Morgan fingerprint density at radius 2 is 1.90 bits per heavy atom. The van der Waals surface area contributed by atoms with Crippen molar-refractivity contribution < 1.29 is 14.3 Å². The summed E-state index contributed by atoms with van der Waals surface area (Å²) in [6.45, 7) is 6.57. The average molecular weight is 415 g/mol. The molecule has 2 aromatic rings. The quantitative estimate of drug-likeness (QED) is 0.691. The Morgan fingerprint density at radius 3 is 2.66 bits per heavy atom. The molecule has 0 unspecified atom stereocenters. The molecule has 154 valence electrons. The third kappa shape index (κ3) is 4.36. The van der Waals surface area contributed by atoms with Crippen LogP contribution < -0.4 is 14.4 Å². The molecule has 0 bridgehead atoms. The molecule has 0 aliphatic carbocycles. The molecule has 0 spiro atoms. The molecule has 1 amide bonds. The lowest BCUT2D eigenvalue weighted by atomic mass is 9.99. The van der Waals surface area contributed by atoms with Crippen LogP contribution in [0.4, 0.5) is 5.69 Å². The van der Waals surface area contributed by atoms with Gasteiger partial charge in [0.25, 0.3) is 5.91 Å². The Bertz CT molecular complexity index is 894. The molecule has 0 radical (unpaired) electrons. The Hall–Kier alpha value is -2.24. The molecule has 29 heavy (non-hydrogen) atoms. The number of halogens is 1. The van der Waals surface area contributed by atoms with E-state index in [1.807, 2.05) is 24.3 Å². The summed E-state index contributed by atoms with van der Waals surface area (Å²) in [6, 6.07) is 11.0. The number of anilines is 1. The fraction of sp³-hybridized carbons (Fsp3) is 0.435. The van der Waals surface area contributed by atoms with Gasteiger partial charge in [-0.2, -0.15) is 0 Å². The Kier molecular flexibility index (Phi) is 5.97. The number of ether oxygens (including phenoxy) is 2. The van der Waals surface area contributed by atoms with Crippen LogP contribution in [0.3, 0.4) is 0 Å². The molecule has 4 rings (SSSR count). The van der Waals surface area contributed by atoms with Crippen molar-refractivity contribution in [2.45, 2.75) is 26.3 Å². The van der Waals surface area contributed by atoms with Crippen LogP contribution in [0.25, 0.3) is 0 Å². The minimum Gasteiger partial charge on any atom is -0.493 e. The minimum absolute atomic E-state index is 0.0183. The summed E-state index contributed by atoms with van der Waals surface area (Å²) in [7, 11) is 1.63. The molecular weight excluding hydrogens is 388 g/mol. The molecular formula is C23H27ClN2O3. The predicted octanol–water partition coefficient (Wildman–Crippen LogP) is 4.62. The number of hydrogen-bond donors (Lipinski definition) is 0. The van der Waals surface area contributed by atoms with Gasteiger partial charge in [-0.3, -0.25) is 9.69 Å². The van der Waals surface area contributed by atoms with E-state index in [4.69, 9.17) is 21.1 Å². The van der Waals surface area contributed by atoms with E-state index in [0.29, 0.717) is 35.2 Å². The van der Waals surface area contributed by atoms with Crippen molar-refractivity contribution in [3.05, 3.63) is 52.5 Å². The van der Waals surface area contributed by atoms with E-state index in [0.717, 1.165) is 36.8 Å². The van der Waals surface area contributed by atoms with E-state index in [9.17, 15) is 4.79 Å². The van der Waals surface area contributed by atoms with Gasteiger partial charge in [0.15, 0.2) is 11.5 Å². The van der Waals surface area contributed by atoms with Crippen LogP contribution in [0, 0.1) is 5.92 Å². The summed E-state index contributed by atoms with van der Waals surface area (Å²) in [6.07, 6.45) is 2.50. The zero-order valence-corrected chi connectivity index (χ0v) is 17.7. The summed E-state index contributed by atoms with van der Waals surface area (Å²) < 4.78 is 11.5. The highest BCUT2D eigenvalue weighted by molar-refractivity contribution is 6.31. The number of carbonyl (C=O) groups is 1. The first-order chi connectivity index (χ1) is 14.0. The molecule has 2 aliphatic heterocycles. The fourth-order valence-electron chi connectivity index (χ4n) is 4.01. The SMILES string of the molecule is COc1ccc(N2Cc3cc(Cl)ccc3C2=O)cc1OCCN1CCC(C)CC1. The van der Waals surface area contributed by atoms with E-state index >= 15 is 0 Å². The van der Waals surface area contributed by atoms with Crippen molar-refractivity contribution in [3.8, 4) is 11.5 Å². The second-order valence-corrected chi connectivity index (χ2v) is 8.34. The first-order valence-corrected chi connectivity index (χ1v) is 10.6. The summed E-state index contributed by atoms with van der Waals surface area (Å²) in [5.74, 6) is 2.14. The second kappa shape index (κ2) is 8.64. The van der Waals surface area contributed by atoms with E-state index < -0.39 is 0 Å². The number of hydrogen-bond acceptors (Lipinski definition) is 4. The highest BCUT2D eigenvalue weighted by Crippen LogP contribution is 2.36. The van der Waals surface area contributed by atoms with Crippen molar-refractivity contribution in [1.82, 2.24) is 4.90 Å². The van der Waals surface area contributed by atoms with Gasteiger partial charge in [0.05, 0.1) is 13.7 Å². The molecule has 0 atom stereocenters. The van der Waals surface area contributed by atoms with Crippen LogP contribution in [-0.2, 0) is 6.54 Å². The third-order valence-electron chi connectivity index (χ3n) is 5.87. The Balaban J connectivity index is 1.45. The lowest BCUT2D eigenvalue weighted by molar-refractivity contribution is 0.0996. The van der Waals surface area contributed by atoms with Crippen LogP contribution in [-0.4, -0.2) is 44.2 Å². The molecule has 5 nitrogen and oxygen atoms in total. The van der Waals surface area contributed by atoms with Gasteiger partial charge >= 0.3 is 0 Å². The number of rotatable bonds is 6. The van der Waals surface area contributed by atoms with Crippen LogP contribution in [0.5, 0.6) is 11.5 Å². The smallest absolute Gasteiger partial charge is 0.258 e. The zero-order chi connectivity index (χ0) is 20.4. The van der Waals surface area contributed by atoms with Crippen molar-refractivity contribution in [3.63, 3.8) is 0 Å². The van der Waals surface area contributed by atoms with E-state index in [-0.39, 0.29) is 5.91 Å². The molecule has 0 saturated carbocycles. The Labute approximate surface area is 177 Å². The number of piperidine rings is 1. The van der Waals surface area contributed by atoms with Gasteiger partial charge in [0.1, 0.15) is 6.61 Å². The molecule has 2 aliphatic rings. The first-order valence-electron chi connectivity index (χ1n) is 10.2. The molecule has 2 aromatic carbocycles. The zero-order valence-electron chi connectivity index (χ0n) is 17.0. The molecule has 1 saturated heterocycles. The normalized spacial score (nSPS) is 17.5. The highest BCUT2D eigenvalue weighted by Gasteiger charge is 2.29. The average Bonchev–Trinajstić information content (AvgIpc) is 3.05. The number of amides is 1. The van der Waals surface area contributed by atoms with Crippen molar-refractivity contribution in [2.75, 3.05) is 38.3 Å². The largest absolute Gasteiger partial charge is 0.493 e. The van der Waals surface area contributed by atoms with E-state index in [1.54, 1.807) is 24.1 Å². The lowest BCUT2D eigenvalue weighted by Gasteiger charge is -2.30. The van der Waals surface area contributed by atoms with Gasteiger partial charge in [-0.15, -0.1) is 0 Å². The Morgan fingerprint density at radius 1 is 1.10 bits per heavy atom. The topological polar surface area (TPSA) is 42.0 Å². The van der Waals surface area contributed by atoms with Gasteiger partial charge in [0.2, 0.25) is 0 Å². The fourth-order valence-corrected chi connectivity index (χ4v) is 4.21. The maximum absolute atomic E-state index is 12.8. The monoisotopic (exact) mass is 414 g/mol. The minimum atomic E-state index is -0.0183. The van der Waals surface area contributed by atoms with Crippen LogP contribution in [0.2, 0.25) is 5.02 Å². The van der Waals surface area contributed by atoms with Crippen LogP contribution >= 0.6 is 11.6 Å². The molecule has 6 heteroatoms. The summed E-state index contributed by atoms with van der Waals surface area (Å²) >= 11 is 6.09. The number of likely N-dealkylation sites (tertiary alicyclic amines) is 1. The number of nitrogens with zero attached hydrogens (tertiary/aromatic N) is 2. The number of carbonyl (C=O) groups excluding carboxylic acids is 1. The van der Waals surface area contributed by atoms with Crippen molar-refractivity contribution in [1.29, 1.82) is 0 Å². The summed E-state index contributed by atoms with van der Waals surface area (Å²) in [5.41, 5.74) is 2.44. The number of fused-ring (bicyclic) bond motifs is 1. The van der Waals surface area contributed by atoms with Gasteiger partial charge in [-0.25, -0.2) is 0 Å². The molecule has 1 fully saturated rings. The van der Waals surface area contributed by atoms with E-state index in [2.05, 4.69) is 11.8 Å². The van der Waals surface area contributed by atoms with Gasteiger partial charge in [-0.05, 0) is 67.7 Å². The van der Waals surface area contributed by atoms with Crippen molar-refractivity contribution >= 4 is 23.2 Å². The van der Waals surface area contributed by atoms with E-state index in [1.165, 1.54) is 12.8 Å². The third-order valence-corrected chi connectivity index (χ3v) is 6.11. The summed E-state index contributed by atoms with van der Waals surface area (Å²) in [5, 5.41) is 0.643. The molecule has 2 heterocycles. The maximum Gasteiger partial charge on any atom is 0.258 e. The van der Waals surface area contributed by atoms with Gasteiger partial charge in [0, 0.05) is 28.9 Å². The molecule has 0 N–H and O–H groups in total. The number of benzene rings is 2. The summed E-state index contributed by atoms with van der Waals surface area (Å²) in [4.78, 5) is 17.0. The van der Waals surface area contributed by atoms with Crippen LogP contribution in [0.1, 0.15) is 35.7 Å². The predicted molar refractivity (Wildman–Crippen MR) is 115 cm³/mol. The van der Waals surface area contributed by atoms with Crippen LogP contribution in [0.15, 0.2) is 36.4 Å². The molecule has 0 aromatic heterocycles. The van der Waals surface area contributed by atoms with Crippen molar-refractivity contribution in [2.24, 2.45) is 5.92 Å². The highest BCUT2D eigenvalue weighted by atomic mass is 35.5. The maximum atomic E-state index is 12.8. The second-order valence-electron chi connectivity index (χ2n) is 7.90. The lowest BCUT2D eigenvalue weighted by Crippen LogP contribution is -2.35. The van der Waals surface area contributed by atoms with Gasteiger partial charge < -0.3 is 14.4 Å². The van der Waals surface area contributed by atoms with Gasteiger partial charge in [-0.1, -0.05) is 18.5 Å². The number of methoxy groups -OCH3 is 1.